The third-order valence-electron chi connectivity index (χ3n) is 3.01. The molecule has 0 radical (unpaired) electrons. The quantitative estimate of drug-likeness (QED) is 0.475. The Balaban J connectivity index is 2.44. The molecular weight excluding hydrogens is 263 g/mol. The Kier molecular flexibility index (Phi) is 3.79. The van der Waals surface area contributed by atoms with Crippen molar-refractivity contribution in [1.29, 1.82) is 0 Å². The average Bonchev–Trinajstić information content (AvgIpc) is 2.06. The Bertz CT molecular complexity index is 139. The van der Waals surface area contributed by atoms with E-state index in [9.17, 15) is 0 Å². The molecule has 0 bridgehead atoms. The average molecular weight is 282 g/mol. The maximum atomic E-state index is 5.65. The predicted molar refractivity (Wildman–Crippen MR) is 61.5 cm³/mol. The molecule has 3 heteroatoms. The van der Waals surface area contributed by atoms with Gasteiger partial charge in [-0.3, -0.25) is 4.90 Å². The van der Waals surface area contributed by atoms with Crippen molar-refractivity contribution in [2.75, 3.05) is 20.6 Å². The normalized spacial score (nSPS) is 37.2. The van der Waals surface area contributed by atoms with Crippen molar-refractivity contribution < 1.29 is 0 Å². The fraction of sp³-hybridized carbons (Fsp3) is 1.00. The molecule has 1 aliphatic rings. The molecule has 1 fully saturated rings. The molecule has 0 atom stereocenters. The predicted octanol–water partition coefficient (Wildman–Crippen LogP) is 1.83. The van der Waals surface area contributed by atoms with E-state index in [-0.39, 0.29) is 0 Å². The second-order valence-corrected chi connectivity index (χ2v) is 6.00. The fourth-order valence-corrected chi connectivity index (χ4v) is 2.43. The molecule has 0 heterocycles. The summed E-state index contributed by atoms with van der Waals surface area (Å²) in [5.74, 6) is 0.785. The summed E-state index contributed by atoms with van der Waals surface area (Å²) in [5.41, 5.74) is 5.65. The van der Waals surface area contributed by atoms with E-state index < -0.39 is 0 Å². The second-order valence-electron chi connectivity index (χ2n) is 3.99. The molecule has 0 amide bonds. The summed E-state index contributed by atoms with van der Waals surface area (Å²) in [6, 6.07) is 0. The van der Waals surface area contributed by atoms with Crippen LogP contribution in [0, 0.1) is 5.92 Å². The van der Waals surface area contributed by atoms with Crippen molar-refractivity contribution in [2.45, 2.75) is 29.2 Å². The number of nitrogens with zero attached hydrogens (tertiary/aromatic N) is 1. The first-order chi connectivity index (χ1) is 5.58. The van der Waals surface area contributed by atoms with E-state index in [1.165, 1.54) is 25.7 Å². The topological polar surface area (TPSA) is 29.3 Å². The molecular formula is C9H19IN2. The Hall–Kier alpha value is 0.650. The second kappa shape index (κ2) is 4.24. The Morgan fingerprint density at radius 2 is 1.92 bits per heavy atom. The SMILES string of the molecule is CN(C)C1(I)CCC(CN)CC1. The van der Waals surface area contributed by atoms with E-state index >= 15 is 0 Å². The van der Waals surface area contributed by atoms with Crippen LogP contribution in [0.4, 0.5) is 0 Å². The molecule has 0 saturated heterocycles. The first kappa shape index (κ1) is 10.7. The number of alkyl halides is 1. The molecule has 0 spiro atoms. The van der Waals surface area contributed by atoms with Crippen molar-refractivity contribution in [2.24, 2.45) is 11.7 Å². The van der Waals surface area contributed by atoms with Gasteiger partial charge >= 0.3 is 0 Å². The molecule has 1 saturated carbocycles. The van der Waals surface area contributed by atoms with Crippen LogP contribution in [-0.2, 0) is 0 Å². The highest BCUT2D eigenvalue weighted by molar-refractivity contribution is 14.1. The van der Waals surface area contributed by atoms with Crippen LogP contribution in [0.25, 0.3) is 0 Å². The Labute approximate surface area is 89.0 Å². The van der Waals surface area contributed by atoms with E-state index in [1.54, 1.807) is 0 Å². The van der Waals surface area contributed by atoms with Gasteiger partial charge in [-0.15, -0.1) is 0 Å². The highest BCUT2D eigenvalue weighted by Gasteiger charge is 2.33. The minimum Gasteiger partial charge on any atom is -0.330 e. The lowest BCUT2D eigenvalue weighted by atomic mass is 9.85. The van der Waals surface area contributed by atoms with E-state index in [0.717, 1.165) is 12.5 Å². The number of hydrogen-bond acceptors (Lipinski definition) is 2. The molecule has 72 valence electrons. The third-order valence-corrected chi connectivity index (χ3v) is 5.05. The number of nitrogens with two attached hydrogens (primary N) is 1. The summed E-state index contributed by atoms with van der Waals surface area (Å²) in [6.45, 7) is 0.875. The number of halogens is 1. The lowest BCUT2D eigenvalue weighted by Crippen LogP contribution is -2.42. The molecule has 2 nitrogen and oxygen atoms in total. The van der Waals surface area contributed by atoms with Crippen LogP contribution < -0.4 is 5.73 Å². The van der Waals surface area contributed by atoms with Gasteiger partial charge in [-0.2, -0.15) is 0 Å². The Morgan fingerprint density at radius 1 is 1.42 bits per heavy atom. The first-order valence-corrected chi connectivity index (χ1v) is 5.73. The van der Waals surface area contributed by atoms with Crippen LogP contribution in [-0.4, -0.2) is 29.1 Å². The van der Waals surface area contributed by atoms with Gasteiger partial charge in [-0.1, -0.05) is 22.6 Å². The van der Waals surface area contributed by atoms with Crippen molar-refractivity contribution >= 4 is 22.6 Å². The van der Waals surface area contributed by atoms with Gasteiger partial charge in [0, 0.05) is 0 Å². The van der Waals surface area contributed by atoms with Gasteiger partial charge < -0.3 is 5.73 Å². The van der Waals surface area contributed by atoms with Crippen LogP contribution in [0.3, 0.4) is 0 Å². The largest absolute Gasteiger partial charge is 0.330 e. The summed E-state index contributed by atoms with van der Waals surface area (Å²) < 4.78 is 0.406. The zero-order valence-corrected chi connectivity index (χ0v) is 10.2. The van der Waals surface area contributed by atoms with Crippen LogP contribution in [0.2, 0.25) is 0 Å². The number of hydrogen-bond donors (Lipinski definition) is 1. The van der Waals surface area contributed by atoms with Crippen LogP contribution >= 0.6 is 22.6 Å². The third kappa shape index (κ3) is 2.33. The van der Waals surface area contributed by atoms with E-state index in [2.05, 4.69) is 41.6 Å². The van der Waals surface area contributed by atoms with Gasteiger partial charge in [0.1, 0.15) is 0 Å². The van der Waals surface area contributed by atoms with Crippen molar-refractivity contribution in [3.8, 4) is 0 Å². The number of rotatable bonds is 2. The molecule has 0 aromatic carbocycles. The minimum absolute atomic E-state index is 0.406. The molecule has 12 heavy (non-hydrogen) atoms. The maximum absolute atomic E-state index is 5.65. The van der Waals surface area contributed by atoms with Gasteiger partial charge in [-0.25, -0.2) is 0 Å². The lowest BCUT2D eigenvalue weighted by molar-refractivity contribution is 0.181. The van der Waals surface area contributed by atoms with Crippen LogP contribution in [0.15, 0.2) is 0 Å². The molecule has 0 aromatic heterocycles. The van der Waals surface area contributed by atoms with Gasteiger partial charge in [-0.05, 0) is 52.2 Å². The molecule has 0 aromatic rings. The summed E-state index contributed by atoms with van der Waals surface area (Å²) in [5, 5.41) is 0. The summed E-state index contributed by atoms with van der Waals surface area (Å²) in [6.07, 6.45) is 5.19. The van der Waals surface area contributed by atoms with Gasteiger partial charge in [0.25, 0.3) is 0 Å². The summed E-state index contributed by atoms with van der Waals surface area (Å²) in [4.78, 5) is 2.35. The highest BCUT2D eigenvalue weighted by atomic mass is 127. The zero-order valence-electron chi connectivity index (χ0n) is 8.02. The zero-order chi connectivity index (χ0) is 9.19. The monoisotopic (exact) mass is 282 g/mol. The Morgan fingerprint density at radius 3 is 2.25 bits per heavy atom. The summed E-state index contributed by atoms with van der Waals surface area (Å²) >= 11 is 2.59. The molecule has 1 aliphatic carbocycles. The fourth-order valence-electron chi connectivity index (χ4n) is 1.80. The molecule has 2 N–H and O–H groups in total. The van der Waals surface area contributed by atoms with Crippen molar-refractivity contribution in [3.05, 3.63) is 0 Å². The molecule has 0 unspecified atom stereocenters. The lowest BCUT2D eigenvalue weighted by Gasteiger charge is -2.40. The van der Waals surface area contributed by atoms with E-state index in [4.69, 9.17) is 5.73 Å². The maximum Gasteiger partial charge on any atom is 0.0725 e. The first-order valence-electron chi connectivity index (χ1n) is 4.65. The minimum atomic E-state index is 0.406. The van der Waals surface area contributed by atoms with Crippen molar-refractivity contribution in [1.82, 2.24) is 4.90 Å². The highest BCUT2D eigenvalue weighted by Crippen LogP contribution is 2.39. The van der Waals surface area contributed by atoms with Crippen LogP contribution in [0.1, 0.15) is 25.7 Å². The van der Waals surface area contributed by atoms with Gasteiger partial charge in [0.05, 0.1) is 3.55 Å². The van der Waals surface area contributed by atoms with Gasteiger partial charge in [0.15, 0.2) is 0 Å². The standard InChI is InChI=1S/C9H19IN2/c1-12(2)9(10)5-3-8(7-11)4-6-9/h8H,3-7,11H2,1-2H3. The smallest absolute Gasteiger partial charge is 0.0725 e. The van der Waals surface area contributed by atoms with E-state index in [1.807, 2.05) is 0 Å². The molecule has 0 aliphatic heterocycles. The van der Waals surface area contributed by atoms with E-state index in [0.29, 0.717) is 3.55 Å². The van der Waals surface area contributed by atoms with Crippen molar-refractivity contribution in [3.63, 3.8) is 0 Å². The van der Waals surface area contributed by atoms with Gasteiger partial charge in [0.2, 0.25) is 0 Å². The van der Waals surface area contributed by atoms with Crippen LogP contribution in [0.5, 0.6) is 0 Å². The molecule has 1 rings (SSSR count). The summed E-state index contributed by atoms with van der Waals surface area (Å²) in [7, 11) is 4.35.